The summed E-state index contributed by atoms with van der Waals surface area (Å²) in [6.07, 6.45) is 1.52. The highest BCUT2D eigenvalue weighted by Crippen LogP contribution is 2.29. The van der Waals surface area contributed by atoms with Crippen LogP contribution in [0.1, 0.15) is 18.1 Å². The van der Waals surface area contributed by atoms with E-state index >= 15 is 0 Å². The van der Waals surface area contributed by atoms with Crippen molar-refractivity contribution in [2.24, 2.45) is 5.10 Å². The standard InChI is InChI=1S/C24H23ClN2O4/c1-2-29-23-14-19(12-13-22(23)30-16-18-8-4-3-5-9-18)15-26-27-24(28)17-31-21-11-7-6-10-20(21)25/h3-15H,2,16-17H2,1H3,(H,27,28). The molecular weight excluding hydrogens is 416 g/mol. The molecule has 0 spiro atoms. The van der Waals surface area contributed by atoms with Crippen molar-refractivity contribution in [2.45, 2.75) is 13.5 Å². The normalized spacial score (nSPS) is 10.6. The summed E-state index contributed by atoms with van der Waals surface area (Å²) < 4.78 is 17.0. The monoisotopic (exact) mass is 438 g/mol. The van der Waals surface area contributed by atoms with Crippen LogP contribution in [-0.2, 0) is 11.4 Å². The van der Waals surface area contributed by atoms with Gasteiger partial charge in [0.25, 0.3) is 5.91 Å². The van der Waals surface area contributed by atoms with Crippen LogP contribution in [0.4, 0.5) is 0 Å². The third-order valence-corrected chi connectivity index (χ3v) is 4.42. The number of hydrogen-bond acceptors (Lipinski definition) is 5. The minimum Gasteiger partial charge on any atom is -0.490 e. The van der Waals surface area contributed by atoms with Crippen LogP contribution in [0.25, 0.3) is 0 Å². The van der Waals surface area contributed by atoms with E-state index in [1.807, 2.05) is 49.4 Å². The van der Waals surface area contributed by atoms with Crippen LogP contribution in [0.3, 0.4) is 0 Å². The van der Waals surface area contributed by atoms with Crippen LogP contribution in [0, 0.1) is 0 Å². The minimum absolute atomic E-state index is 0.197. The van der Waals surface area contributed by atoms with Gasteiger partial charge in [0.05, 0.1) is 17.8 Å². The zero-order chi connectivity index (χ0) is 21.9. The lowest BCUT2D eigenvalue weighted by atomic mass is 10.2. The lowest BCUT2D eigenvalue weighted by Gasteiger charge is -2.12. The van der Waals surface area contributed by atoms with Gasteiger partial charge in [-0.3, -0.25) is 4.79 Å². The number of hydrogen-bond donors (Lipinski definition) is 1. The van der Waals surface area contributed by atoms with Crippen LogP contribution in [0.2, 0.25) is 5.02 Å². The van der Waals surface area contributed by atoms with Gasteiger partial charge in [0.2, 0.25) is 0 Å². The number of hydrazone groups is 1. The van der Waals surface area contributed by atoms with Gasteiger partial charge in [-0.25, -0.2) is 5.43 Å². The Morgan fingerprint density at radius 2 is 1.71 bits per heavy atom. The van der Waals surface area contributed by atoms with E-state index in [-0.39, 0.29) is 6.61 Å². The summed E-state index contributed by atoms with van der Waals surface area (Å²) in [4.78, 5) is 11.9. The highest BCUT2D eigenvalue weighted by atomic mass is 35.5. The summed E-state index contributed by atoms with van der Waals surface area (Å²) in [5, 5.41) is 4.41. The molecule has 0 atom stereocenters. The Balaban J connectivity index is 1.55. The SMILES string of the molecule is CCOc1cc(C=NNC(=O)COc2ccccc2Cl)ccc1OCc1ccccc1. The molecule has 3 rings (SSSR count). The van der Waals surface area contributed by atoms with Gasteiger partial charge in [-0.15, -0.1) is 0 Å². The predicted octanol–water partition coefficient (Wildman–Crippen LogP) is 4.85. The number of carbonyl (C=O) groups excluding carboxylic acids is 1. The topological polar surface area (TPSA) is 69.2 Å². The van der Waals surface area contributed by atoms with Crippen molar-refractivity contribution >= 4 is 23.7 Å². The Bertz CT molecular complexity index is 1030. The first kappa shape index (κ1) is 22.2. The Kier molecular flexibility index (Phi) is 8.31. The Morgan fingerprint density at radius 3 is 2.48 bits per heavy atom. The molecule has 0 saturated carbocycles. The number of nitrogens with zero attached hydrogens (tertiary/aromatic N) is 1. The maximum atomic E-state index is 11.9. The molecule has 7 heteroatoms. The fraction of sp³-hybridized carbons (Fsp3) is 0.167. The molecule has 0 bridgehead atoms. The third kappa shape index (κ3) is 7.04. The summed E-state index contributed by atoms with van der Waals surface area (Å²) in [6.45, 7) is 2.65. The zero-order valence-corrected chi connectivity index (χ0v) is 17.8. The van der Waals surface area contributed by atoms with E-state index < -0.39 is 5.91 Å². The maximum absolute atomic E-state index is 11.9. The molecule has 1 N–H and O–H groups in total. The highest BCUT2D eigenvalue weighted by Gasteiger charge is 2.07. The van der Waals surface area contributed by atoms with Gasteiger partial charge < -0.3 is 14.2 Å². The number of nitrogens with one attached hydrogen (secondary N) is 1. The number of carbonyl (C=O) groups is 1. The minimum atomic E-state index is -0.399. The van der Waals surface area contributed by atoms with E-state index in [1.165, 1.54) is 6.21 Å². The predicted molar refractivity (Wildman–Crippen MR) is 121 cm³/mol. The summed E-state index contributed by atoms with van der Waals surface area (Å²) >= 11 is 5.99. The van der Waals surface area contributed by atoms with E-state index in [0.29, 0.717) is 35.5 Å². The molecule has 1 amide bonds. The number of halogens is 1. The molecule has 0 fully saturated rings. The van der Waals surface area contributed by atoms with Gasteiger partial charge in [0, 0.05) is 0 Å². The summed E-state index contributed by atoms with van der Waals surface area (Å²) in [5.41, 5.74) is 4.24. The van der Waals surface area contributed by atoms with Gasteiger partial charge in [-0.2, -0.15) is 5.10 Å². The maximum Gasteiger partial charge on any atom is 0.277 e. The van der Waals surface area contributed by atoms with Crippen molar-refractivity contribution in [3.63, 3.8) is 0 Å². The average molecular weight is 439 g/mol. The van der Waals surface area contributed by atoms with Crippen molar-refractivity contribution in [3.05, 3.63) is 88.9 Å². The highest BCUT2D eigenvalue weighted by molar-refractivity contribution is 6.32. The molecule has 0 heterocycles. The van der Waals surface area contributed by atoms with Gasteiger partial charge in [-0.05, 0) is 48.4 Å². The molecule has 3 aromatic rings. The lowest BCUT2D eigenvalue weighted by molar-refractivity contribution is -0.123. The van der Waals surface area contributed by atoms with Gasteiger partial charge in [-0.1, -0.05) is 54.1 Å². The molecule has 0 saturated heterocycles. The van der Waals surface area contributed by atoms with Crippen LogP contribution in [0.15, 0.2) is 77.9 Å². The molecule has 160 valence electrons. The summed E-state index contributed by atoms with van der Waals surface area (Å²) in [6, 6.07) is 22.3. The van der Waals surface area contributed by atoms with Crippen LogP contribution >= 0.6 is 11.6 Å². The lowest BCUT2D eigenvalue weighted by Crippen LogP contribution is -2.24. The molecule has 0 aliphatic rings. The van der Waals surface area contributed by atoms with Crippen LogP contribution < -0.4 is 19.6 Å². The molecule has 0 radical (unpaired) electrons. The van der Waals surface area contributed by atoms with E-state index in [1.54, 1.807) is 30.3 Å². The molecule has 3 aromatic carbocycles. The molecular formula is C24H23ClN2O4. The smallest absolute Gasteiger partial charge is 0.277 e. The van der Waals surface area contributed by atoms with Crippen molar-refractivity contribution < 1.29 is 19.0 Å². The second-order valence-electron chi connectivity index (χ2n) is 6.43. The number of rotatable bonds is 10. The second-order valence-corrected chi connectivity index (χ2v) is 6.83. The van der Waals surface area contributed by atoms with E-state index in [9.17, 15) is 4.79 Å². The number of benzene rings is 3. The Morgan fingerprint density at radius 1 is 0.935 bits per heavy atom. The molecule has 0 aromatic heterocycles. The fourth-order valence-electron chi connectivity index (χ4n) is 2.64. The molecule has 0 unspecified atom stereocenters. The summed E-state index contributed by atoms with van der Waals surface area (Å²) in [5.74, 6) is 1.29. The number of para-hydroxylation sites is 1. The first-order chi connectivity index (χ1) is 15.2. The first-order valence-corrected chi connectivity index (χ1v) is 10.2. The van der Waals surface area contributed by atoms with Gasteiger partial charge >= 0.3 is 0 Å². The summed E-state index contributed by atoms with van der Waals surface area (Å²) in [7, 11) is 0. The first-order valence-electron chi connectivity index (χ1n) is 9.78. The molecule has 0 aliphatic carbocycles. The van der Waals surface area contributed by atoms with Crippen molar-refractivity contribution in [1.82, 2.24) is 5.43 Å². The van der Waals surface area contributed by atoms with Gasteiger partial charge in [0.1, 0.15) is 12.4 Å². The fourth-order valence-corrected chi connectivity index (χ4v) is 2.83. The number of ether oxygens (including phenoxy) is 3. The molecule has 0 aliphatic heterocycles. The average Bonchev–Trinajstić information content (AvgIpc) is 2.79. The van der Waals surface area contributed by atoms with E-state index in [2.05, 4.69) is 10.5 Å². The van der Waals surface area contributed by atoms with E-state index in [4.69, 9.17) is 25.8 Å². The van der Waals surface area contributed by atoms with Gasteiger partial charge in [0.15, 0.2) is 18.1 Å². The molecule has 6 nitrogen and oxygen atoms in total. The quantitative estimate of drug-likeness (QED) is 0.363. The van der Waals surface area contributed by atoms with Crippen LogP contribution in [-0.4, -0.2) is 25.3 Å². The van der Waals surface area contributed by atoms with Crippen molar-refractivity contribution in [1.29, 1.82) is 0 Å². The van der Waals surface area contributed by atoms with Crippen LogP contribution in [0.5, 0.6) is 17.2 Å². The third-order valence-electron chi connectivity index (χ3n) is 4.10. The number of amides is 1. The molecule has 31 heavy (non-hydrogen) atoms. The van der Waals surface area contributed by atoms with Crippen molar-refractivity contribution in [3.8, 4) is 17.2 Å². The Hall–Kier alpha value is -3.51. The van der Waals surface area contributed by atoms with E-state index in [0.717, 1.165) is 11.1 Å². The van der Waals surface area contributed by atoms with Crippen molar-refractivity contribution in [2.75, 3.05) is 13.2 Å². The second kappa shape index (κ2) is 11.6. The largest absolute Gasteiger partial charge is 0.490 e. The Labute approximate surface area is 186 Å². The zero-order valence-electron chi connectivity index (χ0n) is 17.1.